The van der Waals surface area contributed by atoms with Crippen LogP contribution < -0.4 is 5.32 Å². The number of aliphatic hydroxyl groups is 1. The van der Waals surface area contributed by atoms with Gasteiger partial charge in [-0.15, -0.1) is 0 Å². The third-order valence-corrected chi connectivity index (χ3v) is 13.1. The fraction of sp³-hybridized carbons (Fsp3) is 0.938. The van der Waals surface area contributed by atoms with Crippen LogP contribution in [0.25, 0.3) is 1.43 Å². The van der Waals surface area contributed by atoms with Crippen molar-refractivity contribution in [2.24, 2.45) is 0 Å². The minimum absolute atomic E-state index is 0.123. The molecule has 390 valence electrons. The van der Waals surface area contributed by atoms with Crippen molar-refractivity contribution >= 4 is 38.6 Å². The number of carbonyl (C=O) groups is 3. The minimum atomic E-state index is -5.37. The molecular weight excluding hydrogens is 895 g/mol. The Balaban J connectivity index is 3.08. The molecule has 0 aromatic heterocycles. The van der Waals surface area contributed by atoms with Crippen molar-refractivity contribution in [2.45, 2.75) is 282 Å². The molecule has 0 saturated carbocycles. The van der Waals surface area contributed by atoms with Crippen molar-refractivity contribution in [1.82, 2.24) is 5.32 Å². The zero-order chi connectivity index (χ0) is 49.6. The molecule has 0 bridgehead atoms. The SMILES string of the molecule is [2H]OS(=O)(=O)OC[C@H]1OC(O)[C@H](NC(=O)C[C@@H](CCCCCCCCCCC)OC(=O)CCCCCCCCCCCCC)[C@@H](OC(=O)CCCCCCCCCCCCC)[C@@H]1OS(=O)(=O)O. The molecule has 1 fully saturated rings. The lowest BCUT2D eigenvalue weighted by molar-refractivity contribution is -0.252. The molecule has 1 heterocycles. The van der Waals surface area contributed by atoms with Crippen molar-refractivity contribution in [2.75, 3.05) is 6.61 Å². The summed E-state index contributed by atoms with van der Waals surface area (Å²) < 4.78 is 94.3. The highest BCUT2D eigenvalue weighted by Gasteiger charge is 2.51. The molecular formula is C48H91NO15S2. The summed E-state index contributed by atoms with van der Waals surface area (Å²) in [6.45, 7) is 5.46. The number of rotatable bonds is 45. The molecule has 18 heteroatoms. The third kappa shape index (κ3) is 34.4. The molecule has 1 amide bonds. The van der Waals surface area contributed by atoms with E-state index in [1.807, 2.05) is 0 Å². The van der Waals surface area contributed by atoms with Crippen molar-refractivity contribution in [3.05, 3.63) is 0 Å². The summed E-state index contributed by atoms with van der Waals surface area (Å²) in [5.41, 5.74) is 0. The van der Waals surface area contributed by atoms with Crippen LogP contribution in [-0.4, -0.2) is 92.3 Å². The predicted molar refractivity (Wildman–Crippen MR) is 255 cm³/mol. The van der Waals surface area contributed by atoms with Gasteiger partial charge in [-0.1, -0.05) is 201 Å². The van der Waals surface area contributed by atoms with Crippen LogP contribution in [0.1, 0.15) is 245 Å². The van der Waals surface area contributed by atoms with Crippen LogP contribution in [0.3, 0.4) is 0 Å². The Hall–Kier alpha value is -1.93. The quantitative estimate of drug-likeness (QED) is 0.0252. The monoisotopic (exact) mass is 987 g/mol. The van der Waals surface area contributed by atoms with Gasteiger partial charge in [0.1, 0.15) is 24.4 Å². The molecule has 16 nitrogen and oxygen atoms in total. The van der Waals surface area contributed by atoms with Crippen LogP contribution in [-0.2, 0) is 57.8 Å². The zero-order valence-corrected chi connectivity index (χ0v) is 42.6. The number of aliphatic hydroxyl groups excluding tert-OH is 1. The van der Waals surface area contributed by atoms with Crippen LogP contribution in [0.15, 0.2) is 0 Å². The molecule has 0 radical (unpaired) electrons. The number of unbranched alkanes of at least 4 members (excludes halogenated alkanes) is 28. The molecule has 1 aliphatic rings. The highest BCUT2D eigenvalue weighted by Crippen LogP contribution is 2.28. The maximum Gasteiger partial charge on any atom is 0.397 e. The van der Waals surface area contributed by atoms with E-state index in [2.05, 4.69) is 34.8 Å². The predicted octanol–water partition coefficient (Wildman–Crippen LogP) is 10.7. The van der Waals surface area contributed by atoms with Crippen molar-refractivity contribution in [1.29, 1.82) is 1.43 Å². The van der Waals surface area contributed by atoms with E-state index in [0.29, 0.717) is 32.1 Å². The van der Waals surface area contributed by atoms with Crippen molar-refractivity contribution in [3.8, 4) is 0 Å². The number of carbonyl (C=O) groups excluding carboxylic acids is 3. The van der Waals surface area contributed by atoms with E-state index in [1.165, 1.54) is 103 Å². The van der Waals surface area contributed by atoms with Gasteiger partial charge < -0.3 is 24.6 Å². The fourth-order valence-corrected chi connectivity index (χ4v) is 9.23. The van der Waals surface area contributed by atoms with Crippen molar-refractivity contribution < 1.29 is 68.0 Å². The van der Waals surface area contributed by atoms with Crippen LogP contribution in [0, 0.1) is 0 Å². The summed E-state index contributed by atoms with van der Waals surface area (Å²) in [4.78, 5) is 40.2. The standard InChI is InChI=1S/C48H91NO15S2/c1-4-7-10-13-16-19-21-24-27-30-33-36-43(51)61-40(35-32-29-26-23-18-15-12-9-6-3)38-42(50)49-45-47(63-44(52)37-34-31-28-25-22-20-17-14-11-8-5-2)46(64-66(57,58)59)41(62-48(45)53)39-60-65(54,55)56/h40-41,45-48,53H,4-39H2,1-3H3,(H,49,50)(H,54,55,56)(H,57,58,59)/t40-,41-,45-,46-,47-,48?/m1/s1/i/hD. The number of hydrogen-bond acceptors (Lipinski definition) is 14. The Morgan fingerprint density at radius 3 is 1.42 bits per heavy atom. The van der Waals surface area contributed by atoms with Gasteiger partial charge in [-0.2, -0.15) is 16.8 Å². The molecule has 0 spiro atoms. The van der Waals surface area contributed by atoms with Gasteiger partial charge in [-0.3, -0.25) is 23.5 Å². The van der Waals surface area contributed by atoms with E-state index >= 15 is 0 Å². The highest BCUT2D eigenvalue weighted by molar-refractivity contribution is 7.81. The zero-order valence-electron chi connectivity index (χ0n) is 41.9. The van der Waals surface area contributed by atoms with Crippen molar-refractivity contribution in [3.63, 3.8) is 0 Å². The van der Waals surface area contributed by atoms with E-state index in [9.17, 15) is 40.9 Å². The molecule has 6 atom stereocenters. The molecule has 4 N–H and O–H groups in total. The lowest BCUT2D eigenvalue weighted by atomic mass is 9.96. The molecule has 0 aromatic carbocycles. The number of esters is 2. The molecule has 1 unspecified atom stereocenters. The summed E-state index contributed by atoms with van der Waals surface area (Å²) in [7, 11) is -10.3. The lowest BCUT2D eigenvalue weighted by Gasteiger charge is -2.43. The van der Waals surface area contributed by atoms with Gasteiger partial charge in [-0.05, 0) is 25.7 Å². The number of amides is 1. The average molecular weight is 987 g/mol. The van der Waals surface area contributed by atoms with Crippen LogP contribution in [0.4, 0.5) is 0 Å². The molecule has 66 heavy (non-hydrogen) atoms. The first-order chi connectivity index (χ1) is 32.2. The van der Waals surface area contributed by atoms with Crippen LogP contribution >= 0.6 is 0 Å². The third-order valence-electron chi connectivity index (χ3n) is 12.2. The summed E-state index contributed by atoms with van der Waals surface area (Å²) in [5.74, 6) is -2.04. The van der Waals surface area contributed by atoms with E-state index in [1.54, 1.807) is 0 Å². The normalized spacial score (nSPS) is 19.6. The minimum Gasteiger partial charge on any atom is -0.462 e. The number of ether oxygens (including phenoxy) is 3. The number of hydrogen-bond donors (Lipinski definition) is 4. The van der Waals surface area contributed by atoms with E-state index in [0.717, 1.165) is 70.6 Å². The van der Waals surface area contributed by atoms with Crippen LogP contribution in [0.2, 0.25) is 0 Å². The number of nitrogens with one attached hydrogen (secondary N) is 1. The largest absolute Gasteiger partial charge is 0.462 e. The fourth-order valence-electron chi connectivity index (χ4n) is 8.41. The highest BCUT2D eigenvalue weighted by atomic mass is 32.3. The Morgan fingerprint density at radius 1 is 0.591 bits per heavy atom. The molecule has 1 saturated heterocycles. The summed E-state index contributed by atoms with van der Waals surface area (Å²) in [6, 6.07) is -1.71. The second-order valence-electron chi connectivity index (χ2n) is 18.3. The second kappa shape index (κ2) is 38.9. The Morgan fingerprint density at radius 2 is 1.00 bits per heavy atom. The lowest BCUT2D eigenvalue weighted by Crippen LogP contribution is -2.66. The van der Waals surface area contributed by atoms with Gasteiger partial charge in [0.25, 0.3) is 0 Å². The molecule has 0 aliphatic carbocycles. The molecule has 1 aliphatic heterocycles. The summed E-state index contributed by atoms with van der Waals surface area (Å²) in [6.07, 6.45) is 24.6. The molecule has 0 aromatic rings. The average Bonchev–Trinajstić information content (AvgIpc) is 3.27. The Bertz CT molecular complexity index is 1490. The van der Waals surface area contributed by atoms with E-state index < -0.39 is 82.0 Å². The van der Waals surface area contributed by atoms with Gasteiger partial charge in [0.05, 0.1) is 13.0 Å². The maximum absolute atomic E-state index is 13.8. The van der Waals surface area contributed by atoms with E-state index in [-0.39, 0.29) is 19.3 Å². The Kier molecular flexibility index (Phi) is 35.4. The first-order valence-corrected chi connectivity index (χ1v) is 28.6. The topological polar surface area (TPSA) is 238 Å². The van der Waals surface area contributed by atoms with Gasteiger partial charge >= 0.3 is 32.7 Å². The smallest absolute Gasteiger partial charge is 0.397 e. The first-order valence-electron chi connectivity index (χ1n) is 26.3. The van der Waals surface area contributed by atoms with Crippen LogP contribution in [0.5, 0.6) is 0 Å². The molecule has 1 rings (SSSR count). The summed E-state index contributed by atoms with van der Waals surface area (Å²) >= 11 is 0. The van der Waals surface area contributed by atoms with Gasteiger partial charge in [0.2, 0.25) is 7.34 Å². The maximum atomic E-state index is 13.8. The van der Waals surface area contributed by atoms with Gasteiger partial charge in [0.15, 0.2) is 12.4 Å². The van der Waals surface area contributed by atoms with Gasteiger partial charge in [0, 0.05) is 12.8 Å². The van der Waals surface area contributed by atoms with E-state index in [4.69, 9.17) is 19.8 Å². The summed E-state index contributed by atoms with van der Waals surface area (Å²) in [5, 5.41) is 13.7. The van der Waals surface area contributed by atoms with Gasteiger partial charge in [-0.25, -0.2) is 8.37 Å². The first kappa shape index (κ1) is 60.2. The Labute approximate surface area is 400 Å². The second-order valence-corrected chi connectivity index (χ2v) is 20.4.